The van der Waals surface area contributed by atoms with Crippen molar-refractivity contribution in [3.63, 3.8) is 0 Å². The molecule has 1 aliphatic rings. The Morgan fingerprint density at radius 3 is 2.62 bits per heavy atom. The summed E-state index contributed by atoms with van der Waals surface area (Å²) < 4.78 is 26.9. The van der Waals surface area contributed by atoms with Crippen LogP contribution in [-0.4, -0.2) is 62.9 Å². The van der Waals surface area contributed by atoms with Crippen molar-refractivity contribution in [3.05, 3.63) is 16.3 Å². The number of thiophene rings is 1. The summed E-state index contributed by atoms with van der Waals surface area (Å²) in [6.07, 6.45) is 1.04. The van der Waals surface area contributed by atoms with Gasteiger partial charge >= 0.3 is 0 Å². The van der Waals surface area contributed by atoms with Crippen LogP contribution >= 0.6 is 35.5 Å². The molecule has 0 spiro atoms. The van der Waals surface area contributed by atoms with Crippen molar-refractivity contribution in [1.29, 1.82) is 0 Å². The molecule has 1 saturated heterocycles. The van der Waals surface area contributed by atoms with Crippen molar-refractivity contribution in [3.8, 4) is 0 Å². The lowest BCUT2D eigenvalue weighted by Gasteiger charge is -2.25. The summed E-state index contributed by atoms with van der Waals surface area (Å²) in [5.74, 6) is 1.28. The molecule has 0 aliphatic carbocycles. The average molecular weight is 414 g/mol. The molecule has 2 N–H and O–H groups in total. The zero-order chi connectivity index (χ0) is 16.7. The van der Waals surface area contributed by atoms with Gasteiger partial charge in [-0.25, -0.2) is 8.42 Å². The molecule has 1 aliphatic heterocycles. The summed E-state index contributed by atoms with van der Waals surface area (Å²) in [5, 5.41) is 7.64. The zero-order valence-electron chi connectivity index (χ0n) is 13.6. The third kappa shape index (κ3) is 5.60. The summed E-state index contributed by atoms with van der Waals surface area (Å²) in [4.78, 5) is 12.7. The van der Waals surface area contributed by atoms with Gasteiger partial charge in [-0.05, 0) is 24.4 Å². The minimum atomic E-state index is -3.58. The maximum absolute atomic E-state index is 12.7. The van der Waals surface area contributed by atoms with E-state index >= 15 is 0 Å². The van der Waals surface area contributed by atoms with Crippen LogP contribution in [0.15, 0.2) is 16.3 Å². The Balaban J connectivity index is 0.00000288. The predicted octanol–water partition coefficient (Wildman–Crippen LogP) is 1.64. The lowest BCUT2D eigenvalue weighted by Crippen LogP contribution is -2.39. The molecule has 138 valence electrons. The molecule has 1 aromatic rings. The Kier molecular flexibility index (Phi) is 9.61. The van der Waals surface area contributed by atoms with Gasteiger partial charge in [0, 0.05) is 37.7 Å². The SMILES string of the molecule is CCCNCCNC(=O)c1sccc1S(=O)(=O)N1CCSCC1.Cl. The molecule has 1 fully saturated rings. The van der Waals surface area contributed by atoms with Crippen molar-refractivity contribution >= 4 is 51.4 Å². The second-order valence-corrected chi connectivity index (χ2v) is 9.18. The third-order valence-corrected chi connectivity index (χ3v) is 7.36. The molecular formula is C14H24ClN3O3S3. The second-order valence-electron chi connectivity index (χ2n) is 5.14. The highest BCUT2D eigenvalue weighted by Crippen LogP contribution is 2.26. The highest BCUT2D eigenvalue weighted by atomic mass is 35.5. The van der Waals surface area contributed by atoms with Crippen molar-refractivity contribution in [2.24, 2.45) is 0 Å². The van der Waals surface area contributed by atoms with E-state index in [2.05, 4.69) is 17.6 Å². The summed E-state index contributed by atoms with van der Waals surface area (Å²) in [6.45, 7) is 5.15. The van der Waals surface area contributed by atoms with Crippen LogP contribution in [0, 0.1) is 0 Å². The van der Waals surface area contributed by atoms with Gasteiger partial charge in [-0.3, -0.25) is 4.79 Å². The number of hydrogen-bond acceptors (Lipinski definition) is 6. The molecule has 0 bridgehead atoms. The van der Waals surface area contributed by atoms with Crippen molar-refractivity contribution < 1.29 is 13.2 Å². The van der Waals surface area contributed by atoms with E-state index < -0.39 is 10.0 Å². The van der Waals surface area contributed by atoms with Gasteiger partial charge in [-0.15, -0.1) is 23.7 Å². The van der Waals surface area contributed by atoms with Crippen LogP contribution in [0.25, 0.3) is 0 Å². The minimum Gasteiger partial charge on any atom is -0.350 e. The van der Waals surface area contributed by atoms with E-state index in [4.69, 9.17) is 0 Å². The van der Waals surface area contributed by atoms with Crippen LogP contribution in [0.2, 0.25) is 0 Å². The number of carbonyl (C=O) groups excluding carboxylic acids is 1. The second kappa shape index (κ2) is 10.6. The molecule has 24 heavy (non-hydrogen) atoms. The largest absolute Gasteiger partial charge is 0.350 e. The van der Waals surface area contributed by atoms with Gasteiger partial charge in [0.1, 0.15) is 9.77 Å². The van der Waals surface area contributed by atoms with E-state index in [9.17, 15) is 13.2 Å². The summed E-state index contributed by atoms with van der Waals surface area (Å²) in [5.41, 5.74) is 0. The first-order valence-electron chi connectivity index (χ1n) is 7.71. The predicted molar refractivity (Wildman–Crippen MR) is 103 cm³/mol. The number of rotatable bonds is 8. The van der Waals surface area contributed by atoms with Gasteiger partial charge in [0.2, 0.25) is 10.0 Å². The van der Waals surface area contributed by atoms with Gasteiger partial charge in [0.05, 0.1) is 0 Å². The van der Waals surface area contributed by atoms with Gasteiger partial charge < -0.3 is 10.6 Å². The molecule has 6 nitrogen and oxygen atoms in total. The lowest BCUT2D eigenvalue weighted by atomic mass is 10.4. The van der Waals surface area contributed by atoms with Crippen molar-refractivity contribution in [2.75, 3.05) is 44.2 Å². The van der Waals surface area contributed by atoms with Gasteiger partial charge in [0.25, 0.3) is 5.91 Å². The molecule has 1 aromatic heterocycles. The van der Waals surface area contributed by atoms with Gasteiger partial charge in [-0.1, -0.05) is 6.92 Å². The number of nitrogens with one attached hydrogen (secondary N) is 2. The van der Waals surface area contributed by atoms with Crippen LogP contribution in [-0.2, 0) is 10.0 Å². The van der Waals surface area contributed by atoms with E-state index in [0.29, 0.717) is 26.2 Å². The van der Waals surface area contributed by atoms with Crippen LogP contribution in [0.4, 0.5) is 0 Å². The monoisotopic (exact) mass is 413 g/mol. The van der Waals surface area contributed by atoms with E-state index in [-0.39, 0.29) is 28.1 Å². The van der Waals surface area contributed by atoms with E-state index in [0.717, 1.165) is 24.5 Å². The Morgan fingerprint density at radius 2 is 1.96 bits per heavy atom. The van der Waals surface area contributed by atoms with Crippen LogP contribution in [0.1, 0.15) is 23.0 Å². The molecule has 2 heterocycles. The molecule has 1 amide bonds. The fourth-order valence-electron chi connectivity index (χ4n) is 2.24. The first kappa shape index (κ1) is 21.7. The minimum absolute atomic E-state index is 0. The Morgan fingerprint density at radius 1 is 1.25 bits per heavy atom. The fraction of sp³-hybridized carbons (Fsp3) is 0.643. The quantitative estimate of drug-likeness (QED) is 0.633. The number of carbonyl (C=O) groups is 1. The van der Waals surface area contributed by atoms with Crippen LogP contribution in [0.3, 0.4) is 0 Å². The first-order chi connectivity index (χ1) is 11.1. The topological polar surface area (TPSA) is 78.5 Å². The molecule has 2 rings (SSSR count). The molecule has 0 radical (unpaired) electrons. The van der Waals surface area contributed by atoms with Crippen LogP contribution < -0.4 is 10.6 Å². The maximum Gasteiger partial charge on any atom is 0.262 e. The van der Waals surface area contributed by atoms with E-state index in [1.807, 2.05) is 0 Å². The highest BCUT2D eigenvalue weighted by Gasteiger charge is 2.30. The van der Waals surface area contributed by atoms with E-state index in [1.165, 1.54) is 21.7 Å². The molecule has 0 atom stereocenters. The number of sulfonamides is 1. The molecule has 10 heteroatoms. The van der Waals surface area contributed by atoms with E-state index in [1.54, 1.807) is 17.1 Å². The van der Waals surface area contributed by atoms with Crippen molar-refractivity contribution in [2.45, 2.75) is 18.2 Å². The Bertz CT molecular complexity index is 616. The molecule has 0 unspecified atom stereocenters. The number of thioether (sulfide) groups is 1. The fourth-order valence-corrected chi connectivity index (χ4v) is 6.13. The highest BCUT2D eigenvalue weighted by molar-refractivity contribution is 7.99. The average Bonchev–Trinajstić information content (AvgIpc) is 3.06. The normalized spacial score (nSPS) is 15.7. The molecule has 0 aromatic carbocycles. The maximum atomic E-state index is 12.7. The van der Waals surface area contributed by atoms with Gasteiger partial charge in [-0.2, -0.15) is 16.1 Å². The third-order valence-electron chi connectivity index (χ3n) is 3.44. The van der Waals surface area contributed by atoms with Crippen LogP contribution in [0.5, 0.6) is 0 Å². The molecular weight excluding hydrogens is 390 g/mol. The summed E-state index contributed by atoms with van der Waals surface area (Å²) in [6, 6.07) is 1.53. The Hall–Kier alpha value is -0.320. The lowest BCUT2D eigenvalue weighted by molar-refractivity contribution is 0.0955. The molecule has 0 saturated carbocycles. The zero-order valence-corrected chi connectivity index (χ0v) is 16.9. The number of hydrogen-bond donors (Lipinski definition) is 2. The summed E-state index contributed by atoms with van der Waals surface area (Å²) >= 11 is 2.92. The standard InChI is InChI=1S/C14H23N3O3S3.ClH/c1-2-4-15-5-6-16-14(18)13-12(3-9-22-13)23(19,20)17-7-10-21-11-8-17;/h3,9,15H,2,4-8,10-11H2,1H3,(H,16,18);1H. The first-order valence-corrected chi connectivity index (χ1v) is 11.2. The number of nitrogens with zero attached hydrogens (tertiary/aromatic N) is 1. The van der Waals surface area contributed by atoms with Gasteiger partial charge in [0.15, 0.2) is 0 Å². The Labute approximate surface area is 158 Å². The number of halogens is 1. The number of amides is 1. The van der Waals surface area contributed by atoms with Crippen molar-refractivity contribution in [1.82, 2.24) is 14.9 Å². The summed E-state index contributed by atoms with van der Waals surface area (Å²) in [7, 11) is -3.58. The smallest absolute Gasteiger partial charge is 0.262 e.